The largest absolute Gasteiger partial charge is 0.377 e. The SMILES string of the molecule is CCNCC1(Cc2ccccc2)CCOC1C1CC1. The summed E-state index contributed by atoms with van der Waals surface area (Å²) in [7, 11) is 0. The minimum absolute atomic E-state index is 0.318. The van der Waals surface area contributed by atoms with Crippen LogP contribution in [0.3, 0.4) is 0 Å². The molecule has 0 bridgehead atoms. The van der Waals surface area contributed by atoms with Crippen molar-refractivity contribution in [2.75, 3.05) is 19.7 Å². The van der Waals surface area contributed by atoms with Gasteiger partial charge in [-0.15, -0.1) is 0 Å². The fourth-order valence-electron chi connectivity index (χ4n) is 3.56. The van der Waals surface area contributed by atoms with Gasteiger partial charge in [0.1, 0.15) is 0 Å². The summed E-state index contributed by atoms with van der Waals surface area (Å²) in [5.74, 6) is 0.824. The second kappa shape index (κ2) is 5.64. The first-order chi connectivity index (χ1) is 9.34. The predicted molar refractivity (Wildman–Crippen MR) is 78.2 cm³/mol. The van der Waals surface area contributed by atoms with Gasteiger partial charge in [-0.25, -0.2) is 0 Å². The first-order valence-corrected chi connectivity index (χ1v) is 7.70. The van der Waals surface area contributed by atoms with Crippen LogP contribution in [0.2, 0.25) is 0 Å². The maximum Gasteiger partial charge on any atom is 0.0675 e. The van der Waals surface area contributed by atoms with E-state index in [9.17, 15) is 0 Å². The van der Waals surface area contributed by atoms with Crippen LogP contribution < -0.4 is 5.32 Å². The van der Waals surface area contributed by atoms with Gasteiger partial charge in [0.05, 0.1) is 6.10 Å². The Morgan fingerprint density at radius 1 is 1.26 bits per heavy atom. The van der Waals surface area contributed by atoms with E-state index in [1.54, 1.807) is 0 Å². The zero-order valence-corrected chi connectivity index (χ0v) is 11.9. The van der Waals surface area contributed by atoms with E-state index < -0.39 is 0 Å². The minimum atomic E-state index is 0.318. The molecule has 1 heterocycles. The van der Waals surface area contributed by atoms with Crippen LogP contribution in [-0.4, -0.2) is 25.8 Å². The molecular weight excluding hydrogens is 234 g/mol. The lowest BCUT2D eigenvalue weighted by Crippen LogP contribution is -2.43. The molecule has 2 nitrogen and oxygen atoms in total. The Kier molecular flexibility index (Phi) is 3.90. The van der Waals surface area contributed by atoms with Crippen LogP contribution in [0, 0.1) is 11.3 Å². The van der Waals surface area contributed by atoms with Crippen LogP contribution >= 0.6 is 0 Å². The maximum atomic E-state index is 6.12. The second-order valence-electron chi connectivity index (χ2n) is 6.18. The van der Waals surface area contributed by atoms with Gasteiger partial charge in [0.15, 0.2) is 0 Å². The Morgan fingerprint density at radius 2 is 2.05 bits per heavy atom. The Labute approximate surface area is 116 Å². The second-order valence-corrected chi connectivity index (χ2v) is 6.18. The van der Waals surface area contributed by atoms with E-state index in [1.807, 2.05) is 0 Å². The number of benzene rings is 1. The molecule has 0 spiro atoms. The Bertz CT molecular complexity index is 401. The highest BCUT2D eigenvalue weighted by Crippen LogP contribution is 2.49. The number of nitrogens with one attached hydrogen (secondary N) is 1. The van der Waals surface area contributed by atoms with Crippen LogP contribution in [0.25, 0.3) is 0 Å². The molecule has 1 aromatic carbocycles. The molecule has 19 heavy (non-hydrogen) atoms. The normalized spacial score (nSPS) is 30.7. The number of ether oxygens (including phenoxy) is 1. The van der Waals surface area contributed by atoms with E-state index in [0.717, 1.165) is 32.0 Å². The summed E-state index contributed by atoms with van der Waals surface area (Å²) >= 11 is 0. The standard InChI is InChI=1S/C17H25NO/c1-2-18-13-17(12-14-6-4-3-5-7-14)10-11-19-16(17)15-8-9-15/h3-7,15-16,18H,2,8-13H2,1H3. The lowest BCUT2D eigenvalue weighted by Gasteiger charge is -2.35. The molecule has 2 aliphatic rings. The summed E-state index contributed by atoms with van der Waals surface area (Å²) in [4.78, 5) is 0. The summed E-state index contributed by atoms with van der Waals surface area (Å²) in [6.07, 6.45) is 5.57. The molecule has 1 saturated heterocycles. The van der Waals surface area contributed by atoms with Gasteiger partial charge < -0.3 is 10.1 Å². The van der Waals surface area contributed by atoms with Crippen molar-refractivity contribution < 1.29 is 4.74 Å². The van der Waals surface area contributed by atoms with Crippen molar-refractivity contribution in [1.29, 1.82) is 0 Å². The molecule has 0 amide bonds. The molecule has 0 aromatic heterocycles. The molecule has 2 unspecified atom stereocenters. The summed E-state index contributed by atoms with van der Waals surface area (Å²) in [5.41, 5.74) is 1.77. The molecule has 1 saturated carbocycles. The third kappa shape index (κ3) is 2.85. The first kappa shape index (κ1) is 13.1. The van der Waals surface area contributed by atoms with Crippen molar-refractivity contribution in [3.05, 3.63) is 35.9 Å². The van der Waals surface area contributed by atoms with E-state index in [2.05, 4.69) is 42.6 Å². The summed E-state index contributed by atoms with van der Waals surface area (Å²) in [6.45, 7) is 5.28. The molecule has 1 N–H and O–H groups in total. The fourth-order valence-corrected chi connectivity index (χ4v) is 3.56. The maximum absolute atomic E-state index is 6.12. The molecule has 1 aliphatic carbocycles. The van der Waals surface area contributed by atoms with Crippen LogP contribution in [0.15, 0.2) is 30.3 Å². The molecular formula is C17H25NO. The van der Waals surface area contributed by atoms with Gasteiger partial charge in [-0.3, -0.25) is 0 Å². The van der Waals surface area contributed by atoms with Crippen molar-refractivity contribution in [3.63, 3.8) is 0 Å². The first-order valence-electron chi connectivity index (χ1n) is 7.70. The zero-order valence-electron chi connectivity index (χ0n) is 11.9. The van der Waals surface area contributed by atoms with Gasteiger partial charge in [0.2, 0.25) is 0 Å². The topological polar surface area (TPSA) is 21.3 Å². The lowest BCUT2D eigenvalue weighted by atomic mass is 9.74. The Hall–Kier alpha value is -0.860. The number of hydrogen-bond donors (Lipinski definition) is 1. The minimum Gasteiger partial charge on any atom is -0.377 e. The third-order valence-electron chi connectivity index (χ3n) is 4.68. The Morgan fingerprint density at radius 3 is 2.74 bits per heavy atom. The van der Waals surface area contributed by atoms with Crippen molar-refractivity contribution in [2.45, 2.75) is 38.7 Å². The average molecular weight is 259 g/mol. The third-order valence-corrected chi connectivity index (χ3v) is 4.68. The molecule has 0 radical (unpaired) electrons. The van der Waals surface area contributed by atoms with Crippen LogP contribution in [0.1, 0.15) is 31.7 Å². The highest BCUT2D eigenvalue weighted by atomic mass is 16.5. The smallest absolute Gasteiger partial charge is 0.0675 e. The molecule has 1 aromatic rings. The molecule has 2 heteroatoms. The summed E-state index contributed by atoms with van der Waals surface area (Å²) in [5, 5.41) is 3.58. The monoisotopic (exact) mass is 259 g/mol. The number of hydrogen-bond acceptors (Lipinski definition) is 2. The number of rotatable bonds is 6. The summed E-state index contributed by atoms with van der Waals surface area (Å²) in [6, 6.07) is 10.9. The van der Waals surface area contributed by atoms with E-state index in [-0.39, 0.29) is 0 Å². The highest BCUT2D eigenvalue weighted by molar-refractivity contribution is 5.18. The molecule has 3 rings (SSSR count). The van der Waals surface area contributed by atoms with Crippen molar-refractivity contribution in [2.24, 2.45) is 11.3 Å². The van der Waals surface area contributed by atoms with Crippen LogP contribution in [0.4, 0.5) is 0 Å². The van der Waals surface area contributed by atoms with E-state index in [0.29, 0.717) is 11.5 Å². The van der Waals surface area contributed by atoms with Crippen LogP contribution in [-0.2, 0) is 11.2 Å². The van der Waals surface area contributed by atoms with Gasteiger partial charge in [-0.1, -0.05) is 37.3 Å². The van der Waals surface area contributed by atoms with E-state index in [1.165, 1.54) is 24.8 Å². The van der Waals surface area contributed by atoms with Gasteiger partial charge in [0, 0.05) is 18.6 Å². The van der Waals surface area contributed by atoms with Gasteiger partial charge in [-0.05, 0) is 43.7 Å². The van der Waals surface area contributed by atoms with Gasteiger partial charge in [-0.2, -0.15) is 0 Å². The van der Waals surface area contributed by atoms with Crippen molar-refractivity contribution in [3.8, 4) is 0 Å². The zero-order chi connectivity index (χ0) is 13.1. The molecule has 2 atom stereocenters. The average Bonchev–Trinajstić information content (AvgIpc) is 3.20. The van der Waals surface area contributed by atoms with E-state index in [4.69, 9.17) is 4.74 Å². The highest BCUT2D eigenvalue weighted by Gasteiger charge is 2.50. The quantitative estimate of drug-likeness (QED) is 0.848. The van der Waals surface area contributed by atoms with Crippen molar-refractivity contribution >= 4 is 0 Å². The predicted octanol–water partition coefficient (Wildman–Crippen LogP) is 3.02. The summed E-state index contributed by atoms with van der Waals surface area (Å²) < 4.78 is 6.12. The van der Waals surface area contributed by atoms with Crippen molar-refractivity contribution in [1.82, 2.24) is 5.32 Å². The fraction of sp³-hybridized carbons (Fsp3) is 0.647. The van der Waals surface area contributed by atoms with Gasteiger partial charge in [0.25, 0.3) is 0 Å². The molecule has 1 aliphatic heterocycles. The van der Waals surface area contributed by atoms with E-state index >= 15 is 0 Å². The van der Waals surface area contributed by atoms with Crippen LogP contribution in [0.5, 0.6) is 0 Å². The molecule has 104 valence electrons. The molecule has 2 fully saturated rings. The Balaban J connectivity index is 1.79. The van der Waals surface area contributed by atoms with Gasteiger partial charge >= 0.3 is 0 Å². The lowest BCUT2D eigenvalue weighted by molar-refractivity contribution is 0.0309.